The Morgan fingerprint density at radius 3 is 0.154 bits per heavy atom. The summed E-state index contributed by atoms with van der Waals surface area (Å²) in [5, 5.41) is 0. The molecule has 0 rings (SSSR count). The van der Waals surface area contributed by atoms with Gasteiger partial charge in [0.05, 0.1) is 0 Å². The van der Waals surface area contributed by atoms with E-state index in [0.29, 0.717) is 0 Å². The Morgan fingerprint density at radius 1 is 0.154 bits per heavy atom. The number of hydrogen-bond acceptors (Lipinski definition) is 0. The molecule has 0 aromatic heterocycles. The Kier molecular flexibility index (Phi) is 620. The average molecular weight is 1080 g/mol. The van der Waals surface area contributed by atoms with Crippen LogP contribution in [0.5, 0.6) is 0 Å². The summed E-state index contributed by atoms with van der Waals surface area (Å²) in [5.41, 5.74) is 0. The van der Waals surface area contributed by atoms with Gasteiger partial charge in [-0.2, -0.15) is 0 Å². The van der Waals surface area contributed by atoms with Crippen molar-refractivity contribution in [2.75, 3.05) is 0 Å². The molecule has 0 aromatic rings. The molecule has 0 fully saturated rings. The van der Waals surface area contributed by atoms with E-state index in [9.17, 15) is 0 Å². The second-order valence-corrected chi connectivity index (χ2v) is 0. The Balaban J connectivity index is 0. The maximum absolute atomic E-state index is 0. The van der Waals surface area contributed by atoms with Crippen LogP contribution in [0.3, 0.4) is 0 Å². The largest absolute Gasteiger partial charge is 0.358 e. The summed E-state index contributed by atoms with van der Waals surface area (Å²) in [6, 6.07) is 0. The zero-order chi connectivity index (χ0) is 0. The van der Waals surface area contributed by atoms with Crippen molar-refractivity contribution in [2.45, 2.75) is 0 Å². The van der Waals surface area contributed by atoms with Crippen LogP contribution in [0.4, 0.5) is 0 Å². The second-order valence-electron chi connectivity index (χ2n) is 0. The van der Waals surface area contributed by atoms with Gasteiger partial charge < -0.3 is 7.43 Å². The van der Waals surface area contributed by atoms with E-state index in [0.717, 1.165) is 0 Å². The minimum Gasteiger partial charge on any atom is -0.358 e. The first-order valence-corrected chi connectivity index (χ1v) is 0. The van der Waals surface area contributed by atoms with Gasteiger partial charge >= 0.3 is 0 Å². The van der Waals surface area contributed by atoms with Gasteiger partial charge in [0, 0.05) is 393 Å². The molecule has 12 radical (unpaired) electrons. The topological polar surface area (TPSA) is 0 Å². The van der Waals surface area contributed by atoms with Gasteiger partial charge in [0.1, 0.15) is 0 Å². The molecule has 13 heavy (non-hydrogen) atoms. The van der Waals surface area contributed by atoms with Crippen LogP contribution in [0.1, 0.15) is 0 Å². The molecule has 0 aliphatic carbocycles. The van der Waals surface area contributed by atoms with E-state index >= 15 is 0 Å². The van der Waals surface area contributed by atoms with E-state index in [4.69, 9.17) is 0 Å². The monoisotopic (exact) mass is 1080 g/mol. The molecule has 0 aliphatic rings. The Bertz CT molecular complexity index is 5.09. The zero-order valence-electron chi connectivity index (χ0n) is 7.93. The van der Waals surface area contributed by atoms with Crippen LogP contribution < -0.4 is 0 Å². The summed E-state index contributed by atoms with van der Waals surface area (Å²) in [4.78, 5) is 0. The first kappa shape index (κ1) is 95.3. The van der Waals surface area contributed by atoms with Gasteiger partial charge in [0.25, 0.3) is 0 Å². The fraction of sp³-hybridized carbons (Fsp3) is 0. The third-order valence-electron chi connectivity index (χ3n) is 0. The predicted molar refractivity (Wildman–Crippen MR) is 6.41 cm³/mol. The van der Waals surface area contributed by atoms with Crippen LogP contribution in [0.15, 0.2) is 0 Å². The van der Waals surface area contributed by atoms with Crippen LogP contribution >= 0.6 is 0 Å². The fourth-order valence-electron chi connectivity index (χ4n) is 0. The van der Waals surface area contributed by atoms with Gasteiger partial charge in [-0.25, -0.2) is 0 Å². The normalized spacial score (nSPS) is 0. The van der Waals surface area contributed by atoms with Gasteiger partial charge in [-0.15, -0.1) is 0 Å². The molecule has 0 heterocycles. The van der Waals surface area contributed by atoms with Gasteiger partial charge in [-0.05, 0) is 0 Å². The summed E-state index contributed by atoms with van der Waals surface area (Å²) in [7, 11) is 0. The fourth-order valence-corrected chi connectivity index (χ4v) is 0. The van der Waals surface area contributed by atoms with E-state index in [1.807, 2.05) is 0 Å². The smallest absolute Gasteiger partial charge is 0 e. The molecule has 44 valence electrons. The Labute approximate surface area is 385 Å². The van der Waals surface area contributed by atoms with Crippen molar-refractivity contribution in [3.05, 3.63) is 7.43 Å². The van der Waals surface area contributed by atoms with Crippen LogP contribution in [0.2, 0.25) is 0 Å². The molecule has 0 saturated carbocycles. The Hall–Kier alpha value is 13.2. The van der Waals surface area contributed by atoms with Crippen molar-refractivity contribution in [1.82, 2.24) is 0 Å². The van der Waals surface area contributed by atoms with E-state index in [1.165, 1.54) is 0 Å². The molecular weight excluding hydrogens is 1080 g/mol. The van der Waals surface area contributed by atoms with Gasteiger partial charge in [-0.3, -0.25) is 0 Å². The van der Waals surface area contributed by atoms with E-state index < -0.39 is 0 Å². The third-order valence-corrected chi connectivity index (χ3v) is 0. The summed E-state index contributed by atoms with van der Waals surface area (Å²) in [6.07, 6.45) is 0. The average Bonchev–Trinajstić information content (AvgIpc) is 0. The summed E-state index contributed by atoms with van der Waals surface area (Å²) in [6.45, 7) is 0. The van der Waals surface area contributed by atoms with Crippen LogP contribution in [0, 0.1) is 7.43 Å². The summed E-state index contributed by atoms with van der Waals surface area (Å²) < 4.78 is 0. The first-order chi connectivity index (χ1) is 0. The molecule has 0 spiro atoms. The number of rotatable bonds is 0. The first-order valence-electron chi connectivity index (χ1n) is 0. The minimum atomic E-state index is 0. The van der Waals surface area contributed by atoms with E-state index in [1.54, 1.807) is 0 Å². The van der Waals surface area contributed by atoms with Crippen molar-refractivity contribution in [1.29, 1.82) is 0 Å². The van der Waals surface area contributed by atoms with Crippen molar-refractivity contribution < 1.29 is 393 Å². The molecule has 0 N–H and O–H groups in total. The molecule has 12 heteroatoms. The molecule has 0 aliphatic heterocycles. The van der Waals surface area contributed by atoms with Crippen molar-refractivity contribution in [2.24, 2.45) is 0 Å². The van der Waals surface area contributed by atoms with Gasteiger partial charge in [0.15, 0.2) is 0 Å². The predicted octanol–water partition coefficient (Wildman–Crippen LogP) is 0.420. The molecule has 0 aromatic carbocycles. The van der Waals surface area contributed by atoms with Crippen LogP contribution in [-0.4, -0.2) is 0 Å². The quantitative estimate of drug-likeness (QED) is 0.310. The van der Waals surface area contributed by atoms with Crippen LogP contribution in [-0.2, 0) is 393 Å². The minimum absolute atomic E-state index is 0. The van der Waals surface area contributed by atoms with Gasteiger partial charge in [0.2, 0.25) is 0 Å². The van der Waals surface area contributed by atoms with Crippen molar-refractivity contribution in [3.8, 4) is 0 Å². The van der Waals surface area contributed by atoms with Crippen molar-refractivity contribution in [3.63, 3.8) is 0 Å². The van der Waals surface area contributed by atoms with Crippen molar-refractivity contribution >= 4 is 0 Å². The molecule has 0 bridgehead atoms. The molecule has 0 atom stereocenters. The maximum Gasteiger partial charge on any atom is 0 e. The van der Waals surface area contributed by atoms with Gasteiger partial charge in [-0.1, -0.05) is 0 Å². The molecule has 0 saturated heterocycles. The summed E-state index contributed by atoms with van der Waals surface area (Å²) >= 11 is 0. The third kappa shape index (κ3) is 77.8. The maximum atomic E-state index is 0. The summed E-state index contributed by atoms with van der Waals surface area (Å²) in [5.74, 6) is 0. The van der Waals surface area contributed by atoms with E-state index in [-0.39, 0.29) is 400 Å². The Morgan fingerprint density at radius 2 is 0.154 bits per heavy atom. The molecule has 0 unspecified atom stereocenters. The molecular formula is CH3Y12-. The van der Waals surface area contributed by atoms with E-state index in [2.05, 4.69) is 0 Å². The standard InChI is InChI=1S/CH3.12Y/h1H3;;;;;;;;;;;;/q-1;;;;;;;;;;;;. The molecule has 0 amide bonds. The van der Waals surface area contributed by atoms with Crippen LogP contribution in [0.25, 0.3) is 0 Å². The second kappa shape index (κ2) is 84.6. The number of hydrogen-bond donors (Lipinski definition) is 0. The zero-order valence-corrected chi connectivity index (χ0v) is 42.0. The molecule has 0 nitrogen and oxygen atoms in total. The SMILES string of the molecule is [CH3-].[Y].[Y].[Y].[Y].[Y].[Y].[Y].[Y].[Y].[Y].[Y].[Y].